The number of hydrogen-bond acceptors (Lipinski definition) is 2. The number of unbranched alkanes of at least 4 members (excludes halogenated alkanes) is 1. The zero-order valence-corrected chi connectivity index (χ0v) is 9.05. The first-order chi connectivity index (χ1) is 6.11. The summed E-state index contributed by atoms with van der Waals surface area (Å²) in [6.07, 6.45) is 4.94. The normalized spacial score (nSPS) is 11.9. The van der Waals surface area contributed by atoms with Crippen molar-refractivity contribution in [3.8, 4) is 0 Å². The largest absolute Gasteiger partial charge is 0.286 e. The minimum absolute atomic E-state index is 0.0148. The molecule has 0 aromatic heterocycles. The molecule has 0 aliphatic carbocycles. The van der Waals surface area contributed by atoms with E-state index < -0.39 is 0 Å². The molecule has 0 atom stereocenters. The highest BCUT2D eigenvalue weighted by Crippen LogP contribution is 2.06. The first-order valence-corrected chi connectivity index (χ1v) is 4.75. The summed E-state index contributed by atoms with van der Waals surface area (Å²) in [6.45, 7) is 4.03. The first-order valence-electron chi connectivity index (χ1n) is 4.75. The Morgan fingerprint density at radius 2 is 2.08 bits per heavy atom. The molecule has 0 aromatic rings. The molecule has 0 spiro atoms. The highest BCUT2D eigenvalue weighted by atomic mass is 16.2. The zero-order valence-electron chi connectivity index (χ0n) is 9.05. The summed E-state index contributed by atoms with van der Waals surface area (Å²) in [6, 6.07) is 0. The number of carbonyl (C=O) groups excluding carboxylic acids is 1. The Bertz CT molecular complexity index is 185. The van der Waals surface area contributed by atoms with E-state index in [1.807, 2.05) is 27.1 Å². The number of nitrogens with zero attached hydrogens (tertiary/aromatic N) is 1. The molecule has 0 aromatic carbocycles. The van der Waals surface area contributed by atoms with E-state index in [-0.39, 0.29) is 5.91 Å². The van der Waals surface area contributed by atoms with Crippen LogP contribution in [0.5, 0.6) is 0 Å². The van der Waals surface area contributed by atoms with Crippen molar-refractivity contribution in [2.45, 2.75) is 33.1 Å². The summed E-state index contributed by atoms with van der Waals surface area (Å²) >= 11 is 0. The minimum atomic E-state index is 0.0148. The van der Waals surface area contributed by atoms with Crippen molar-refractivity contribution in [3.05, 3.63) is 11.6 Å². The topological polar surface area (TPSA) is 32.3 Å². The number of carbonyl (C=O) groups is 1. The monoisotopic (exact) mass is 184 g/mol. The predicted octanol–water partition coefficient (Wildman–Crippen LogP) is 1.72. The van der Waals surface area contributed by atoms with Crippen LogP contribution in [0.2, 0.25) is 0 Å². The fourth-order valence-corrected chi connectivity index (χ4v) is 1.03. The summed E-state index contributed by atoms with van der Waals surface area (Å²) in [5.41, 5.74) is 3.60. The Kier molecular flexibility index (Phi) is 6.24. The first kappa shape index (κ1) is 12.2. The second-order valence-corrected chi connectivity index (χ2v) is 3.25. The van der Waals surface area contributed by atoms with E-state index in [9.17, 15) is 4.79 Å². The van der Waals surface area contributed by atoms with Crippen molar-refractivity contribution in [3.63, 3.8) is 0 Å². The molecule has 3 heteroatoms. The number of hydrogen-bond donors (Lipinski definition) is 1. The minimum Gasteiger partial charge on any atom is -0.286 e. The summed E-state index contributed by atoms with van der Waals surface area (Å²) in [5, 5.41) is 1.66. The Morgan fingerprint density at radius 3 is 2.46 bits per heavy atom. The average molecular weight is 184 g/mol. The van der Waals surface area contributed by atoms with Gasteiger partial charge < -0.3 is 0 Å². The summed E-state index contributed by atoms with van der Waals surface area (Å²) in [5.74, 6) is 0.0148. The van der Waals surface area contributed by atoms with Crippen LogP contribution in [0.25, 0.3) is 0 Å². The average Bonchev–Trinajstić information content (AvgIpc) is 2.04. The number of rotatable bonds is 5. The van der Waals surface area contributed by atoms with E-state index in [2.05, 4.69) is 12.3 Å². The maximum absolute atomic E-state index is 11.5. The van der Waals surface area contributed by atoms with E-state index in [4.69, 9.17) is 0 Å². The van der Waals surface area contributed by atoms with Crippen molar-refractivity contribution in [1.29, 1.82) is 0 Å². The molecule has 1 N–H and O–H groups in total. The molecule has 0 heterocycles. The third-order valence-electron chi connectivity index (χ3n) is 1.76. The number of amides is 1. The second kappa shape index (κ2) is 6.66. The second-order valence-electron chi connectivity index (χ2n) is 3.25. The molecule has 0 unspecified atom stereocenters. The van der Waals surface area contributed by atoms with Crippen molar-refractivity contribution in [1.82, 2.24) is 10.4 Å². The fourth-order valence-electron chi connectivity index (χ4n) is 1.03. The van der Waals surface area contributed by atoms with Gasteiger partial charge in [0, 0.05) is 19.7 Å². The van der Waals surface area contributed by atoms with Crippen LogP contribution in [0, 0.1) is 0 Å². The van der Waals surface area contributed by atoms with Crippen LogP contribution in [0.3, 0.4) is 0 Å². The molecule has 0 saturated heterocycles. The number of hydrazine groups is 1. The van der Waals surface area contributed by atoms with Crippen molar-refractivity contribution >= 4 is 5.91 Å². The lowest BCUT2D eigenvalue weighted by Gasteiger charge is -2.13. The van der Waals surface area contributed by atoms with Gasteiger partial charge in [-0.1, -0.05) is 19.4 Å². The summed E-state index contributed by atoms with van der Waals surface area (Å²) in [4.78, 5) is 11.5. The van der Waals surface area contributed by atoms with Gasteiger partial charge in [-0.05, 0) is 19.8 Å². The SMILES string of the molecule is C/C=C(\CCCC)C(=O)NN(C)C. The van der Waals surface area contributed by atoms with Crippen LogP contribution in [0.4, 0.5) is 0 Å². The van der Waals surface area contributed by atoms with Crippen LogP contribution in [-0.4, -0.2) is 25.0 Å². The maximum Gasteiger partial charge on any atom is 0.261 e. The maximum atomic E-state index is 11.5. The lowest BCUT2D eigenvalue weighted by molar-refractivity contribution is -0.121. The van der Waals surface area contributed by atoms with Crippen LogP contribution < -0.4 is 5.43 Å². The van der Waals surface area contributed by atoms with Gasteiger partial charge in [0.1, 0.15) is 0 Å². The molecule has 0 saturated carbocycles. The highest BCUT2D eigenvalue weighted by Gasteiger charge is 2.07. The van der Waals surface area contributed by atoms with Gasteiger partial charge in [-0.3, -0.25) is 10.2 Å². The molecule has 0 bridgehead atoms. The molecule has 0 aliphatic rings. The van der Waals surface area contributed by atoms with Crippen molar-refractivity contribution in [2.24, 2.45) is 0 Å². The summed E-state index contributed by atoms with van der Waals surface area (Å²) in [7, 11) is 3.62. The Balaban J connectivity index is 4.02. The van der Waals surface area contributed by atoms with Gasteiger partial charge >= 0.3 is 0 Å². The van der Waals surface area contributed by atoms with E-state index in [0.29, 0.717) is 0 Å². The molecule has 13 heavy (non-hydrogen) atoms. The van der Waals surface area contributed by atoms with Crippen LogP contribution >= 0.6 is 0 Å². The van der Waals surface area contributed by atoms with E-state index in [0.717, 1.165) is 24.8 Å². The molecule has 0 rings (SSSR count). The van der Waals surface area contributed by atoms with Crippen LogP contribution in [-0.2, 0) is 4.79 Å². The lowest BCUT2D eigenvalue weighted by Crippen LogP contribution is -2.37. The molecule has 76 valence electrons. The van der Waals surface area contributed by atoms with E-state index in [1.54, 1.807) is 5.01 Å². The van der Waals surface area contributed by atoms with Crippen molar-refractivity contribution < 1.29 is 4.79 Å². The van der Waals surface area contributed by atoms with Gasteiger partial charge in [0.2, 0.25) is 0 Å². The fraction of sp³-hybridized carbons (Fsp3) is 0.700. The Morgan fingerprint density at radius 1 is 1.46 bits per heavy atom. The number of allylic oxidation sites excluding steroid dienone is 1. The van der Waals surface area contributed by atoms with Gasteiger partial charge in [-0.15, -0.1) is 0 Å². The smallest absolute Gasteiger partial charge is 0.261 e. The van der Waals surface area contributed by atoms with Crippen molar-refractivity contribution in [2.75, 3.05) is 14.1 Å². The molecule has 3 nitrogen and oxygen atoms in total. The number of nitrogens with one attached hydrogen (secondary N) is 1. The molecular weight excluding hydrogens is 164 g/mol. The van der Waals surface area contributed by atoms with Gasteiger partial charge in [-0.2, -0.15) is 0 Å². The quantitative estimate of drug-likeness (QED) is 0.521. The van der Waals surface area contributed by atoms with Gasteiger partial charge in [0.05, 0.1) is 0 Å². The van der Waals surface area contributed by atoms with Gasteiger partial charge in [0.25, 0.3) is 5.91 Å². The predicted molar refractivity (Wildman–Crippen MR) is 55.1 cm³/mol. The third-order valence-corrected chi connectivity index (χ3v) is 1.76. The third kappa shape index (κ3) is 5.42. The van der Waals surface area contributed by atoms with Crippen LogP contribution in [0.1, 0.15) is 33.1 Å². The lowest BCUT2D eigenvalue weighted by atomic mass is 10.1. The standard InChI is InChI=1S/C10H20N2O/c1-5-7-8-9(6-2)10(13)11-12(3)4/h6H,5,7-8H2,1-4H3,(H,11,13)/b9-6+. The molecule has 1 amide bonds. The Labute approximate surface area is 80.8 Å². The summed E-state index contributed by atoms with van der Waals surface area (Å²) < 4.78 is 0. The zero-order chi connectivity index (χ0) is 10.3. The molecule has 0 radical (unpaired) electrons. The highest BCUT2D eigenvalue weighted by molar-refractivity contribution is 5.92. The molecular formula is C10H20N2O. The van der Waals surface area contributed by atoms with Crippen LogP contribution in [0.15, 0.2) is 11.6 Å². The van der Waals surface area contributed by atoms with Gasteiger partial charge in [-0.25, -0.2) is 5.01 Å². The van der Waals surface area contributed by atoms with E-state index in [1.165, 1.54) is 0 Å². The van der Waals surface area contributed by atoms with E-state index >= 15 is 0 Å². The molecule has 0 aliphatic heterocycles. The van der Waals surface area contributed by atoms with Gasteiger partial charge in [0.15, 0.2) is 0 Å². The Hall–Kier alpha value is -0.830. The molecule has 0 fully saturated rings.